The molecule has 6 heterocycles. The molecule has 31 heavy (non-hydrogen) atoms. The summed E-state index contributed by atoms with van der Waals surface area (Å²) in [5.41, 5.74) is 1.82. The summed E-state index contributed by atoms with van der Waals surface area (Å²) < 4.78 is 9.96. The molecule has 0 aromatic carbocycles. The first-order valence-electron chi connectivity index (χ1n) is 10.6. The molecule has 2 aliphatic heterocycles. The summed E-state index contributed by atoms with van der Waals surface area (Å²) >= 11 is 0. The van der Waals surface area contributed by atoms with Gasteiger partial charge in [-0.1, -0.05) is 0 Å². The minimum Gasteiger partial charge on any atom is -0.477 e. The van der Waals surface area contributed by atoms with E-state index in [1.807, 2.05) is 25.4 Å². The molecule has 4 bridgehead atoms. The third kappa shape index (κ3) is 2.97. The summed E-state index contributed by atoms with van der Waals surface area (Å²) in [5.74, 6) is 3.61. The fourth-order valence-electron chi connectivity index (χ4n) is 4.07. The van der Waals surface area contributed by atoms with E-state index in [2.05, 4.69) is 41.9 Å². The van der Waals surface area contributed by atoms with Crippen LogP contribution in [0.2, 0.25) is 0 Å². The Bertz CT molecular complexity index is 1270. The van der Waals surface area contributed by atoms with Gasteiger partial charge in [0.25, 0.3) is 0 Å². The van der Waals surface area contributed by atoms with Crippen molar-refractivity contribution in [3.05, 3.63) is 30.7 Å². The van der Waals surface area contributed by atoms with Gasteiger partial charge in [0.05, 0.1) is 29.7 Å². The quantitative estimate of drug-likeness (QED) is 0.505. The van der Waals surface area contributed by atoms with Gasteiger partial charge in [-0.2, -0.15) is 10.2 Å². The van der Waals surface area contributed by atoms with Crippen molar-refractivity contribution in [3.63, 3.8) is 0 Å². The van der Waals surface area contributed by atoms with Crippen LogP contribution in [0.3, 0.4) is 0 Å². The van der Waals surface area contributed by atoms with E-state index >= 15 is 0 Å². The minimum absolute atomic E-state index is 0.154. The lowest BCUT2D eigenvalue weighted by Crippen LogP contribution is -2.37. The lowest BCUT2D eigenvalue weighted by Gasteiger charge is -2.31. The molecule has 0 radical (unpaired) electrons. The Morgan fingerprint density at radius 1 is 1.16 bits per heavy atom. The summed E-state index contributed by atoms with van der Waals surface area (Å²) in [6, 6.07) is 4.02. The highest BCUT2D eigenvalue weighted by molar-refractivity contribution is 5.92. The molecular formula is C21H23N9O. The fourth-order valence-corrected chi connectivity index (χ4v) is 4.07. The number of pyridine rings is 1. The van der Waals surface area contributed by atoms with Crippen LogP contribution < -0.4 is 15.0 Å². The Morgan fingerprint density at radius 3 is 2.90 bits per heavy atom. The predicted octanol–water partition coefficient (Wildman–Crippen LogP) is 2.92. The van der Waals surface area contributed by atoms with Crippen molar-refractivity contribution in [1.82, 2.24) is 34.5 Å². The average molecular weight is 417 g/mol. The first-order valence-corrected chi connectivity index (χ1v) is 10.6. The molecule has 158 valence electrons. The number of hydrogen-bond acceptors (Lipinski definition) is 8. The van der Waals surface area contributed by atoms with Crippen LogP contribution in [0.15, 0.2) is 30.7 Å². The molecule has 1 fully saturated rings. The van der Waals surface area contributed by atoms with Gasteiger partial charge < -0.3 is 15.0 Å². The predicted molar refractivity (Wildman–Crippen MR) is 117 cm³/mol. The summed E-state index contributed by atoms with van der Waals surface area (Å²) in [5, 5.41) is 13.7. The van der Waals surface area contributed by atoms with Gasteiger partial charge in [0.1, 0.15) is 17.2 Å². The van der Waals surface area contributed by atoms with Crippen molar-refractivity contribution < 1.29 is 4.74 Å². The Morgan fingerprint density at radius 2 is 2.06 bits per heavy atom. The Labute approximate surface area is 178 Å². The van der Waals surface area contributed by atoms with Crippen molar-refractivity contribution in [3.8, 4) is 17.3 Å². The molecule has 1 atom stereocenters. The number of fused-ring (bicyclic) bond motifs is 5. The zero-order valence-corrected chi connectivity index (χ0v) is 17.5. The number of anilines is 3. The van der Waals surface area contributed by atoms with Gasteiger partial charge >= 0.3 is 0 Å². The maximum Gasteiger partial charge on any atom is 0.222 e. The van der Waals surface area contributed by atoms with E-state index in [1.54, 1.807) is 17.1 Å². The molecule has 4 aromatic heterocycles. The van der Waals surface area contributed by atoms with Gasteiger partial charge in [0.2, 0.25) is 5.88 Å². The molecule has 4 aromatic rings. The van der Waals surface area contributed by atoms with Crippen LogP contribution in [-0.4, -0.2) is 54.2 Å². The zero-order valence-electron chi connectivity index (χ0n) is 17.5. The number of ether oxygens (including phenoxy) is 1. The molecule has 10 heteroatoms. The maximum absolute atomic E-state index is 6.14. The van der Waals surface area contributed by atoms with E-state index < -0.39 is 0 Å². The van der Waals surface area contributed by atoms with Crippen LogP contribution in [0.1, 0.15) is 25.8 Å². The highest BCUT2D eigenvalue weighted by atomic mass is 16.5. The van der Waals surface area contributed by atoms with Gasteiger partial charge in [-0.3, -0.25) is 4.68 Å². The number of aromatic nitrogens is 7. The molecule has 2 aliphatic rings. The van der Waals surface area contributed by atoms with Crippen molar-refractivity contribution in [2.75, 3.05) is 29.9 Å². The van der Waals surface area contributed by atoms with E-state index in [0.717, 1.165) is 47.6 Å². The SMILES string of the molecule is C[C@H]1CCOc2c(cnn2C)-c2nccc(n2)Nc2cc3c(cn2)c(N2CCC2)nn31. The molecule has 10 nitrogen and oxygen atoms in total. The van der Waals surface area contributed by atoms with Gasteiger partial charge in [0, 0.05) is 45.0 Å². The van der Waals surface area contributed by atoms with Crippen molar-refractivity contribution in [2.24, 2.45) is 7.05 Å². The van der Waals surface area contributed by atoms with E-state index in [-0.39, 0.29) is 6.04 Å². The van der Waals surface area contributed by atoms with E-state index in [9.17, 15) is 0 Å². The Balaban J connectivity index is 1.49. The van der Waals surface area contributed by atoms with Gasteiger partial charge in [-0.15, -0.1) is 0 Å². The van der Waals surface area contributed by atoms with Crippen LogP contribution >= 0.6 is 0 Å². The normalized spacial score (nSPS) is 18.1. The fraction of sp³-hybridized carbons (Fsp3) is 0.381. The summed E-state index contributed by atoms with van der Waals surface area (Å²) in [6.07, 6.45) is 7.37. The Kier molecular flexibility index (Phi) is 4.05. The lowest BCUT2D eigenvalue weighted by molar-refractivity contribution is 0.260. The second kappa shape index (κ2) is 6.93. The number of nitrogens with one attached hydrogen (secondary N) is 1. The molecule has 6 rings (SSSR count). The topological polar surface area (TPSA) is 98.8 Å². The van der Waals surface area contributed by atoms with Crippen molar-refractivity contribution in [1.29, 1.82) is 0 Å². The Hall–Kier alpha value is -3.69. The highest BCUT2D eigenvalue weighted by Crippen LogP contribution is 2.34. The molecule has 1 saturated heterocycles. The molecule has 0 amide bonds. The first-order chi connectivity index (χ1) is 15.2. The number of nitrogens with zero attached hydrogens (tertiary/aromatic N) is 8. The minimum atomic E-state index is 0.154. The maximum atomic E-state index is 6.14. The van der Waals surface area contributed by atoms with Gasteiger partial charge in [-0.05, 0) is 19.4 Å². The van der Waals surface area contributed by atoms with Crippen LogP contribution in [-0.2, 0) is 7.05 Å². The molecule has 0 unspecified atom stereocenters. The second-order valence-electron chi connectivity index (χ2n) is 8.06. The molecular weight excluding hydrogens is 394 g/mol. The summed E-state index contributed by atoms with van der Waals surface area (Å²) in [4.78, 5) is 16.0. The van der Waals surface area contributed by atoms with Crippen LogP contribution in [0.25, 0.3) is 22.3 Å². The van der Waals surface area contributed by atoms with Crippen LogP contribution in [0.4, 0.5) is 17.5 Å². The van der Waals surface area contributed by atoms with Gasteiger partial charge in [-0.25, -0.2) is 19.6 Å². The second-order valence-corrected chi connectivity index (χ2v) is 8.06. The number of hydrogen-bond donors (Lipinski definition) is 1. The first kappa shape index (κ1) is 18.1. The molecule has 0 saturated carbocycles. The van der Waals surface area contributed by atoms with Gasteiger partial charge in [0.15, 0.2) is 11.6 Å². The zero-order chi connectivity index (χ0) is 20.9. The van der Waals surface area contributed by atoms with Crippen molar-refractivity contribution >= 4 is 28.4 Å². The lowest BCUT2D eigenvalue weighted by atomic mass is 10.2. The van der Waals surface area contributed by atoms with E-state index in [1.165, 1.54) is 6.42 Å². The van der Waals surface area contributed by atoms with Crippen molar-refractivity contribution in [2.45, 2.75) is 25.8 Å². The average Bonchev–Trinajstić information content (AvgIpc) is 3.27. The molecule has 0 aliphatic carbocycles. The monoisotopic (exact) mass is 417 g/mol. The highest BCUT2D eigenvalue weighted by Gasteiger charge is 2.24. The number of aryl methyl sites for hydroxylation is 1. The van der Waals surface area contributed by atoms with E-state index in [0.29, 0.717) is 24.1 Å². The summed E-state index contributed by atoms with van der Waals surface area (Å²) in [7, 11) is 1.86. The standard InChI is InChI=1S/C21H23N9O/c1-13-5-9-31-21-15(12-24-28(21)2)19-22-6-4-17(26-19)25-18-10-16-14(11-23-18)20(27-30(13)16)29-7-3-8-29/h4,6,10-13H,3,5,7-9H2,1-2H3,(H,22,23,25,26)/t13-/m0/s1. The van der Waals surface area contributed by atoms with Crippen LogP contribution in [0, 0.1) is 0 Å². The largest absolute Gasteiger partial charge is 0.477 e. The smallest absolute Gasteiger partial charge is 0.222 e. The van der Waals surface area contributed by atoms with E-state index in [4.69, 9.17) is 9.84 Å². The molecule has 0 spiro atoms. The third-order valence-corrected chi connectivity index (χ3v) is 5.96. The summed E-state index contributed by atoms with van der Waals surface area (Å²) in [6.45, 7) is 4.78. The number of rotatable bonds is 1. The van der Waals surface area contributed by atoms with Crippen LogP contribution in [0.5, 0.6) is 5.88 Å². The third-order valence-electron chi connectivity index (χ3n) is 5.96. The molecule has 1 N–H and O–H groups in total.